The van der Waals surface area contributed by atoms with Crippen molar-refractivity contribution >= 4 is 22.1 Å². The molecule has 0 saturated heterocycles. The van der Waals surface area contributed by atoms with Gasteiger partial charge < -0.3 is 9.94 Å². The molecule has 1 aromatic rings. The Morgan fingerprint density at radius 2 is 2.21 bits per heavy atom. The highest BCUT2D eigenvalue weighted by atomic mass is 79.9. The third-order valence-electron chi connectivity index (χ3n) is 1.42. The van der Waals surface area contributed by atoms with Crippen LogP contribution in [0.15, 0.2) is 27.8 Å². The molecule has 0 radical (unpaired) electrons. The van der Waals surface area contributed by atoms with Crippen LogP contribution in [-0.4, -0.2) is 18.0 Å². The summed E-state index contributed by atoms with van der Waals surface area (Å²) in [5, 5.41) is 11.1. The Balaban J connectivity index is 3.07. The van der Waals surface area contributed by atoms with E-state index in [-0.39, 0.29) is 11.3 Å². The van der Waals surface area contributed by atoms with Gasteiger partial charge in [0.05, 0.1) is 11.8 Å². The van der Waals surface area contributed by atoms with Crippen LogP contribution in [0.25, 0.3) is 0 Å². The van der Waals surface area contributed by atoms with E-state index in [2.05, 4.69) is 25.8 Å². The van der Waals surface area contributed by atoms with Gasteiger partial charge in [0.2, 0.25) is 0 Å². The molecule has 0 bridgehead atoms. The SMILES string of the molecule is ON=Cc1c(Br)cccc1OC(F)F. The highest BCUT2D eigenvalue weighted by Crippen LogP contribution is 2.26. The van der Waals surface area contributed by atoms with E-state index < -0.39 is 6.61 Å². The van der Waals surface area contributed by atoms with E-state index in [1.54, 1.807) is 6.07 Å². The van der Waals surface area contributed by atoms with Gasteiger partial charge >= 0.3 is 6.61 Å². The zero-order valence-electron chi connectivity index (χ0n) is 6.82. The molecule has 6 heteroatoms. The van der Waals surface area contributed by atoms with Gasteiger partial charge in [0.15, 0.2) is 0 Å². The highest BCUT2D eigenvalue weighted by molar-refractivity contribution is 9.10. The van der Waals surface area contributed by atoms with E-state index in [1.807, 2.05) is 0 Å². The monoisotopic (exact) mass is 265 g/mol. The highest BCUT2D eigenvalue weighted by Gasteiger charge is 2.10. The zero-order valence-corrected chi connectivity index (χ0v) is 8.41. The predicted molar refractivity (Wildman–Crippen MR) is 50.2 cm³/mol. The number of oxime groups is 1. The van der Waals surface area contributed by atoms with Gasteiger partial charge in [0, 0.05) is 4.47 Å². The number of benzene rings is 1. The summed E-state index contributed by atoms with van der Waals surface area (Å²) >= 11 is 3.11. The fourth-order valence-corrected chi connectivity index (χ4v) is 1.35. The molecule has 14 heavy (non-hydrogen) atoms. The lowest BCUT2D eigenvalue weighted by atomic mass is 10.2. The second kappa shape index (κ2) is 4.90. The first-order chi connectivity index (χ1) is 6.65. The summed E-state index contributed by atoms with van der Waals surface area (Å²) in [5.74, 6) is -0.0489. The van der Waals surface area contributed by atoms with Gasteiger partial charge in [0.1, 0.15) is 5.75 Å². The Hall–Kier alpha value is -1.17. The van der Waals surface area contributed by atoms with Gasteiger partial charge in [-0.1, -0.05) is 11.2 Å². The third kappa shape index (κ3) is 2.66. The van der Waals surface area contributed by atoms with Crippen LogP contribution in [-0.2, 0) is 0 Å². The first-order valence-electron chi connectivity index (χ1n) is 3.56. The maximum absolute atomic E-state index is 11.9. The van der Waals surface area contributed by atoms with Crippen molar-refractivity contribution in [2.45, 2.75) is 6.61 Å². The minimum atomic E-state index is -2.91. The molecule has 76 valence electrons. The predicted octanol–water partition coefficient (Wildman–Crippen LogP) is 2.86. The van der Waals surface area contributed by atoms with Gasteiger partial charge in [-0.2, -0.15) is 8.78 Å². The third-order valence-corrected chi connectivity index (χ3v) is 2.11. The van der Waals surface area contributed by atoms with Crippen molar-refractivity contribution in [3.63, 3.8) is 0 Å². The molecule has 0 aromatic heterocycles. The van der Waals surface area contributed by atoms with Crippen molar-refractivity contribution in [1.29, 1.82) is 0 Å². The summed E-state index contributed by atoms with van der Waals surface area (Å²) in [5.41, 5.74) is 0.260. The van der Waals surface area contributed by atoms with E-state index in [4.69, 9.17) is 5.21 Å². The molecule has 0 saturated carbocycles. The zero-order chi connectivity index (χ0) is 10.6. The van der Waals surface area contributed by atoms with E-state index in [1.165, 1.54) is 12.1 Å². The molecular formula is C8H6BrF2NO2. The summed E-state index contributed by atoms with van der Waals surface area (Å²) in [6.45, 7) is -2.91. The maximum atomic E-state index is 11.9. The molecule has 0 aliphatic heterocycles. The molecule has 1 aromatic carbocycles. The number of hydrogen-bond donors (Lipinski definition) is 1. The Morgan fingerprint density at radius 3 is 2.79 bits per heavy atom. The van der Waals surface area contributed by atoms with Crippen LogP contribution in [0.4, 0.5) is 8.78 Å². The largest absolute Gasteiger partial charge is 0.434 e. The molecule has 1 N–H and O–H groups in total. The minimum Gasteiger partial charge on any atom is -0.434 e. The fraction of sp³-hybridized carbons (Fsp3) is 0.125. The normalized spacial score (nSPS) is 11.1. The Labute approximate surface area is 87.1 Å². The van der Waals surface area contributed by atoms with Gasteiger partial charge in [-0.3, -0.25) is 0 Å². The summed E-state index contributed by atoms with van der Waals surface area (Å²) in [7, 11) is 0. The molecule has 0 spiro atoms. The standard InChI is InChI=1S/C8H6BrF2NO2/c9-6-2-1-3-7(14-8(10)11)5(6)4-12-13/h1-4,8,13H. The number of ether oxygens (including phenoxy) is 1. The van der Waals surface area contributed by atoms with Gasteiger partial charge in [-0.15, -0.1) is 0 Å². The molecule has 0 aliphatic carbocycles. The average molecular weight is 266 g/mol. The summed E-state index contributed by atoms with van der Waals surface area (Å²) < 4.78 is 28.6. The smallest absolute Gasteiger partial charge is 0.387 e. The lowest BCUT2D eigenvalue weighted by molar-refractivity contribution is -0.0499. The molecule has 0 heterocycles. The van der Waals surface area contributed by atoms with Crippen molar-refractivity contribution in [3.8, 4) is 5.75 Å². The topological polar surface area (TPSA) is 41.8 Å². The molecular weight excluding hydrogens is 260 g/mol. The van der Waals surface area contributed by atoms with Crippen molar-refractivity contribution in [3.05, 3.63) is 28.2 Å². The number of halogens is 3. The van der Waals surface area contributed by atoms with Crippen molar-refractivity contribution in [2.75, 3.05) is 0 Å². The van der Waals surface area contributed by atoms with E-state index >= 15 is 0 Å². The number of hydrogen-bond acceptors (Lipinski definition) is 3. The lowest BCUT2D eigenvalue weighted by Crippen LogP contribution is -2.04. The van der Waals surface area contributed by atoms with Crippen molar-refractivity contribution in [1.82, 2.24) is 0 Å². The van der Waals surface area contributed by atoms with Crippen LogP contribution >= 0.6 is 15.9 Å². The quantitative estimate of drug-likeness (QED) is 0.519. The van der Waals surface area contributed by atoms with Crippen LogP contribution < -0.4 is 4.74 Å². The summed E-state index contributed by atoms with van der Waals surface area (Å²) in [6.07, 6.45) is 1.02. The Kier molecular flexibility index (Phi) is 3.82. The molecule has 0 amide bonds. The molecule has 0 unspecified atom stereocenters. The maximum Gasteiger partial charge on any atom is 0.387 e. The van der Waals surface area contributed by atoms with Gasteiger partial charge in [-0.05, 0) is 28.1 Å². The lowest BCUT2D eigenvalue weighted by Gasteiger charge is -2.08. The van der Waals surface area contributed by atoms with Crippen LogP contribution in [0.3, 0.4) is 0 Å². The first kappa shape index (κ1) is 10.9. The average Bonchev–Trinajstić information content (AvgIpc) is 2.10. The van der Waals surface area contributed by atoms with E-state index in [0.717, 1.165) is 6.21 Å². The molecule has 3 nitrogen and oxygen atoms in total. The summed E-state index contributed by atoms with van der Waals surface area (Å²) in [4.78, 5) is 0. The van der Waals surface area contributed by atoms with Crippen molar-refractivity contribution in [2.24, 2.45) is 5.16 Å². The number of nitrogens with zero attached hydrogens (tertiary/aromatic N) is 1. The van der Waals surface area contributed by atoms with Crippen LogP contribution in [0.1, 0.15) is 5.56 Å². The second-order valence-electron chi connectivity index (χ2n) is 2.27. The summed E-state index contributed by atoms with van der Waals surface area (Å²) in [6, 6.07) is 4.51. The first-order valence-corrected chi connectivity index (χ1v) is 4.35. The van der Waals surface area contributed by atoms with E-state index in [9.17, 15) is 8.78 Å². The molecule has 1 rings (SSSR count). The van der Waals surface area contributed by atoms with Crippen molar-refractivity contribution < 1.29 is 18.7 Å². The molecule has 0 fully saturated rings. The van der Waals surface area contributed by atoms with Crippen LogP contribution in [0.5, 0.6) is 5.75 Å². The number of rotatable bonds is 3. The van der Waals surface area contributed by atoms with Gasteiger partial charge in [0.25, 0.3) is 0 Å². The minimum absolute atomic E-state index is 0.0489. The van der Waals surface area contributed by atoms with Crippen LogP contribution in [0, 0.1) is 0 Å². The molecule has 0 atom stereocenters. The van der Waals surface area contributed by atoms with Crippen LogP contribution in [0.2, 0.25) is 0 Å². The molecule has 0 aliphatic rings. The number of alkyl halides is 2. The Morgan fingerprint density at radius 1 is 1.50 bits per heavy atom. The van der Waals surface area contributed by atoms with Gasteiger partial charge in [-0.25, -0.2) is 0 Å². The van der Waals surface area contributed by atoms with E-state index in [0.29, 0.717) is 4.47 Å². The second-order valence-corrected chi connectivity index (χ2v) is 3.13. The Bertz CT molecular complexity index is 344. The fourth-order valence-electron chi connectivity index (χ4n) is 0.899.